The molecule has 0 bridgehead atoms. The van der Waals surface area contributed by atoms with Crippen molar-refractivity contribution in [2.24, 2.45) is 0 Å². The topological polar surface area (TPSA) is 97.0 Å². The molecule has 30 heavy (non-hydrogen) atoms. The van der Waals surface area contributed by atoms with Crippen molar-refractivity contribution in [1.29, 1.82) is 0 Å². The third-order valence-corrected chi connectivity index (χ3v) is 5.69. The molecule has 1 aromatic heterocycles. The van der Waals surface area contributed by atoms with Crippen LogP contribution in [0.3, 0.4) is 0 Å². The van der Waals surface area contributed by atoms with E-state index in [2.05, 4.69) is 10.6 Å². The lowest BCUT2D eigenvalue weighted by atomic mass is 10.1. The van der Waals surface area contributed by atoms with Crippen molar-refractivity contribution in [2.75, 3.05) is 43.7 Å². The first kappa shape index (κ1) is 22.2. The number of carbonyl (C=O) groups is 3. The number of hydrogen-bond acceptors (Lipinski definition) is 6. The van der Waals surface area contributed by atoms with E-state index in [0.29, 0.717) is 41.1 Å². The summed E-state index contributed by atoms with van der Waals surface area (Å²) in [6, 6.07) is 9.41. The van der Waals surface area contributed by atoms with Gasteiger partial charge >= 0.3 is 0 Å². The van der Waals surface area contributed by atoms with Crippen LogP contribution in [0.25, 0.3) is 0 Å². The zero-order chi connectivity index (χ0) is 21.5. The van der Waals surface area contributed by atoms with E-state index in [4.69, 9.17) is 21.1 Å². The fraction of sp³-hybridized carbons (Fsp3) is 0.350. The highest BCUT2D eigenvalue weighted by atomic mass is 35.5. The summed E-state index contributed by atoms with van der Waals surface area (Å²) in [6.07, 6.45) is 0.313. The number of nitrogens with zero attached hydrogens (tertiary/aromatic N) is 1. The van der Waals surface area contributed by atoms with Crippen molar-refractivity contribution in [3.63, 3.8) is 0 Å². The van der Waals surface area contributed by atoms with Gasteiger partial charge in [0, 0.05) is 31.6 Å². The Labute approximate surface area is 183 Å². The molecule has 160 valence electrons. The summed E-state index contributed by atoms with van der Waals surface area (Å²) in [5.74, 6) is -0.836. The number of amides is 3. The van der Waals surface area contributed by atoms with E-state index < -0.39 is 6.04 Å². The van der Waals surface area contributed by atoms with Gasteiger partial charge in [0.05, 0.1) is 15.8 Å². The molecule has 1 atom stereocenters. The van der Waals surface area contributed by atoms with E-state index in [1.54, 1.807) is 41.3 Å². The molecule has 1 unspecified atom stereocenters. The molecule has 8 nitrogen and oxygen atoms in total. The molecule has 3 rings (SSSR count). The second-order valence-corrected chi connectivity index (χ2v) is 8.26. The summed E-state index contributed by atoms with van der Waals surface area (Å²) in [5, 5.41) is 5.52. The average Bonchev–Trinajstić information content (AvgIpc) is 3.18. The average molecular weight is 452 g/mol. The molecule has 2 N–H and O–H groups in total. The minimum Gasteiger partial charge on any atom is -0.385 e. The number of thiophene rings is 1. The fourth-order valence-electron chi connectivity index (χ4n) is 2.92. The number of nitrogens with one attached hydrogen (secondary N) is 2. The van der Waals surface area contributed by atoms with E-state index in [9.17, 15) is 14.4 Å². The summed E-state index contributed by atoms with van der Waals surface area (Å²) >= 11 is 7.02. The van der Waals surface area contributed by atoms with E-state index in [1.807, 2.05) is 0 Å². The van der Waals surface area contributed by atoms with E-state index >= 15 is 0 Å². The van der Waals surface area contributed by atoms with Gasteiger partial charge in [-0.15, -0.1) is 11.3 Å². The number of ether oxygens (including phenoxy) is 2. The maximum absolute atomic E-state index is 12.7. The van der Waals surface area contributed by atoms with E-state index in [-0.39, 0.29) is 24.3 Å². The molecule has 1 aliphatic heterocycles. The Balaban J connectivity index is 1.64. The van der Waals surface area contributed by atoms with Crippen LogP contribution in [0.15, 0.2) is 36.4 Å². The van der Waals surface area contributed by atoms with Gasteiger partial charge in [0.2, 0.25) is 5.91 Å². The number of rotatable bonds is 8. The molecule has 0 aliphatic carbocycles. The summed E-state index contributed by atoms with van der Waals surface area (Å²) < 4.78 is 10.7. The zero-order valence-electron chi connectivity index (χ0n) is 16.4. The van der Waals surface area contributed by atoms with Crippen molar-refractivity contribution in [3.05, 3.63) is 45.6 Å². The number of carbonyl (C=O) groups excluding carboxylic acids is 3. The predicted molar refractivity (Wildman–Crippen MR) is 115 cm³/mol. The molecule has 3 amide bonds. The number of morpholine rings is 1. The number of halogens is 1. The lowest BCUT2D eigenvalue weighted by Crippen LogP contribution is -2.44. The second kappa shape index (κ2) is 10.5. The van der Waals surface area contributed by atoms with Crippen molar-refractivity contribution < 1.29 is 23.9 Å². The SMILES string of the molecule is COCCC(NC(=O)c1ccc(Cl)s1)C(=O)Nc1ccc(N2CCOCC2=O)cc1. The Kier molecular flexibility index (Phi) is 7.81. The monoisotopic (exact) mass is 451 g/mol. The Hall–Kier alpha value is -2.46. The summed E-state index contributed by atoms with van der Waals surface area (Å²) in [4.78, 5) is 39.2. The Morgan fingerprint density at radius 3 is 2.67 bits per heavy atom. The molecule has 0 spiro atoms. The second-order valence-electron chi connectivity index (χ2n) is 6.55. The van der Waals surface area contributed by atoms with Gasteiger partial charge < -0.3 is 25.0 Å². The molecule has 1 aromatic carbocycles. The summed E-state index contributed by atoms with van der Waals surface area (Å²) in [6.45, 7) is 1.35. The maximum Gasteiger partial charge on any atom is 0.262 e. The molecule has 2 aromatic rings. The maximum atomic E-state index is 12.7. The minimum absolute atomic E-state index is 0.0643. The highest BCUT2D eigenvalue weighted by Crippen LogP contribution is 2.22. The van der Waals surface area contributed by atoms with Gasteiger partial charge in [0.1, 0.15) is 12.6 Å². The van der Waals surface area contributed by atoms with Crippen LogP contribution in [-0.4, -0.2) is 57.2 Å². The van der Waals surface area contributed by atoms with Gasteiger partial charge in [-0.1, -0.05) is 11.6 Å². The largest absolute Gasteiger partial charge is 0.385 e. The molecule has 1 fully saturated rings. The third kappa shape index (κ3) is 5.79. The van der Waals surface area contributed by atoms with Crippen molar-refractivity contribution in [3.8, 4) is 0 Å². The number of benzene rings is 1. The Morgan fingerprint density at radius 1 is 1.27 bits per heavy atom. The molecule has 1 aliphatic rings. The van der Waals surface area contributed by atoms with Crippen molar-refractivity contribution >= 4 is 52.0 Å². The van der Waals surface area contributed by atoms with Crippen LogP contribution in [0.4, 0.5) is 11.4 Å². The van der Waals surface area contributed by atoms with Gasteiger partial charge in [-0.25, -0.2) is 0 Å². The van der Waals surface area contributed by atoms with Gasteiger partial charge in [-0.3, -0.25) is 14.4 Å². The van der Waals surface area contributed by atoms with E-state index in [0.717, 1.165) is 17.0 Å². The quantitative estimate of drug-likeness (QED) is 0.642. The van der Waals surface area contributed by atoms with Crippen molar-refractivity contribution in [1.82, 2.24) is 5.32 Å². The van der Waals surface area contributed by atoms with Crippen LogP contribution < -0.4 is 15.5 Å². The first-order chi connectivity index (χ1) is 14.5. The van der Waals surface area contributed by atoms with Crippen molar-refractivity contribution in [2.45, 2.75) is 12.5 Å². The molecule has 1 saturated heterocycles. The number of hydrogen-bond donors (Lipinski definition) is 2. The lowest BCUT2D eigenvalue weighted by molar-refractivity contribution is -0.125. The molecule has 10 heteroatoms. The first-order valence-electron chi connectivity index (χ1n) is 9.32. The number of methoxy groups -OCH3 is 1. The normalized spacial score (nSPS) is 15.0. The molecular weight excluding hydrogens is 430 g/mol. The van der Waals surface area contributed by atoms with Crippen LogP contribution in [0.2, 0.25) is 4.34 Å². The zero-order valence-corrected chi connectivity index (χ0v) is 17.9. The Bertz CT molecular complexity index is 902. The minimum atomic E-state index is -0.779. The summed E-state index contributed by atoms with van der Waals surface area (Å²) in [5.41, 5.74) is 1.29. The molecule has 0 radical (unpaired) electrons. The van der Waals surface area contributed by atoms with Gasteiger partial charge in [-0.2, -0.15) is 0 Å². The highest BCUT2D eigenvalue weighted by molar-refractivity contribution is 7.18. The molecular formula is C20H22ClN3O5S. The van der Waals surface area contributed by atoms with Crippen LogP contribution in [0.1, 0.15) is 16.1 Å². The van der Waals surface area contributed by atoms with Crippen LogP contribution >= 0.6 is 22.9 Å². The van der Waals surface area contributed by atoms with Crippen LogP contribution in [-0.2, 0) is 19.1 Å². The van der Waals surface area contributed by atoms with Crippen LogP contribution in [0, 0.1) is 0 Å². The van der Waals surface area contributed by atoms with Gasteiger partial charge in [0.25, 0.3) is 11.8 Å². The standard InChI is InChI=1S/C20H22ClN3O5S/c1-28-10-8-15(23-20(27)16-6-7-17(21)30-16)19(26)22-13-2-4-14(5-3-13)24-9-11-29-12-18(24)25/h2-7,15H,8-12H2,1H3,(H,22,26)(H,23,27). The smallest absolute Gasteiger partial charge is 0.262 e. The van der Waals surface area contributed by atoms with Gasteiger partial charge in [0.15, 0.2) is 0 Å². The summed E-state index contributed by atoms with van der Waals surface area (Å²) in [7, 11) is 1.53. The first-order valence-corrected chi connectivity index (χ1v) is 10.5. The third-order valence-electron chi connectivity index (χ3n) is 4.46. The molecule has 2 heterocycles. The van der Waals surface area contributed by atoms with Gasteiger partial charge in [-0.05, 0) is 42.8 Å². The molecule has 0 saturated carbocycles. The highest BCUT2D eigenvalue weighted by Gasteiger charge is 2.23. The predicted octanol–water partition coefficient (Wildman–Crippen LogP) is 2.54. The van der Waals surface area contributed by atoms with E-state index in [1.165, 1.54) is 7.11 Å². The van der Waals surface area contributed by atoms with Crippen LogP contribution in [0.5, 0.6) is 0 Å². The number of anilines is 2. The Morgan fingerprint density at radius 2 is 2.03 bits per heavy atom. The fourth-order valence-corrected chi connectivity index (χ4v) is 3.86. The lowest BCUT2D eigenvalue weighted by Gasteiger charge is -2.27.